The van der Waals surface area contributed by atoms with Gasteiger partial charge in [-0.25, -0.2) is 9.13 Å². The molecule has 17 nitrogen and oxygen atoms in total. The minimum absolute atomic E-state index is 0.106. The number of aliphatic hydroxyl groups is 1. The van der Waals surface area contributed by atoms with Crippen molar-refractivity contribution in [2.75, 3.05) is 39.6 Å². The predicted octanol–water partition coefficient (Wildman–Crippen LogP) is 18.4. The van der Waals surface area contributed by atoms with E-state index in [1.54, 1.807) is 0 Å². The molecule has 85 heavy (non-hydrogen) atoms. The standard InChI is InChI=1S/C66H128O17P2/c1-7-10-12-14-16-18-20-21-23-25-31-39-45-51-66(71)82-61(54-76-63(68)48-42-36-29-27-26-28-35-41-47-59(6)9-3)56-80-84(72,73)78-52-60(67)53-79-85(74,75)81-57-62(55-77-64(69)49-43-37-33-32-34-40-46-58(4)5)83-65(70)50-44-38-30-24-22-19-17-15-13-11-8-2/h58-62,67H,7-57H2,1-6H3,(H,72,73)(H,74,75)/t59?,60-,61-,62-/m1/s1. The Morgan fingerprint density at radius 3 is 0.894 bits per heavy atom. The van der Waals surface area contributed by atoms with Gasteiger partial charge < -0.3 is 33.8 Å². The van der Waals surface area contributed by atoms with Crippen molar-refractivity contribution in [1.82, 2.24) is 0 Å². The van der Waals surface area contributed by atoms with E-state index in [1.807, 2.05) is 0 Å². The van der Waals surface area contributed by atoms with Crippen LogP contribution in [0.3, 0.4) is 0 Å². The lowest BCUT2D eigenvalue weighted by Gasteiger charge is -2.21. The quantitative estimate of drug-likeness (QED) is 0.0222. The van der Waals surface area contributed by atoms with Crippen LogP contribution in [0.1, 0.15) is 330 Å². The molecule has 0 aromatic rings. The van der Waals surface area contributed by atoms with Gasteiger partial charge in [-0.3, -0.25) is 37.3 Å². The first-order valence-corrected chi connectivity index (χ1v) is 37.5. The maximum Gasteiger partial charge on any atom is 0.472 e. The Kier molecular flexibility index (Phi) is 57.1. The van der Waals surface area contributed by atoms with Crippen molar-refractivity contribution in [1.29, 1.82) is 0 Å². The minimum Gasteiger partial charge on any atom is -0.462 e. The van der Waals surface area contributed by atoms with Gasteiger partial charge in [0.25, 0.3) is 0 Å². The molecule has 0 aliphatic heterocycles. The van der Waals surface area contributed by atoms with Gasteiger partial charge >= 0.3 is 39.5 Å². The van der Waals surface area contributed by atoms with Gasteiger partial charge in [-0.05, 0) is 37.5 Å². The van der Waals surface area contributed by atoms with Crippen LogP contribution < -0.4 is 0 Å². The van der Waals surface area contributed by atoms with Crippen molar-refractivity contribution in [3.63, 3.8) is 0 Å². The molecular weight excluding hydrogens is 1130 g/mol. The molecule has 0 rings (SSSR count). The topological polar surface area (TPSA) is 237 Å². The maximum absolute atomic E-state index is 13.0. The third-order valence-corrected chi connectivity index (χ3v) is 17.5. The van der Waals surface area contributed by atoms with Crippen LogP contribution in [0, 0.1) is 11.8 Å². The molecule has 0 aromatic carbocycles. The highest BCUT2D eigenvalue weighted by molar-refractivity contribution is 7.47. The van der Waals surface area contributed by atoms with Crippen molar-refractivity contribution >= 4 is 39.5 Å². The lowest BCUT2D eigenvalue weighted by Crippen LogP contribution is -2.30. The number of esters is 4. The Hall–Kier alpha value is -1.94. The molecule has 6 atom stereocenters. The molecule has 0 aliphatic rings. The van der Waals surface area contributed by atoms with Crippen LogP contribution in [0.4, 0.5) is 0 Å². The van der Waals surface area contributed by atoms with Crippen LogP contribution in [0.5, 0.6) is 0 Å². The second-order valence-corrected chi connectivity index (χ2v) is 27.5. The number of carbonyl (C=O) groups is 4. The summed E-state index contributed by atoms with van der Waals surface area (Å²) >= 11 is 0. The second kappa shape index (κ2) is 58.4. The normalized spacial score (nSPS) is 14.6. The Balaban J connectivity index is 5.25. The van der Waals surface area contributed by atoms with E-state index in [0.717, 1.165) is 102 Å². The molecule has 0 heterocycles. The van der Waals surface area contributed by atoms with Crippen LogP contribution in [0.15, 0.2) is 0 Å². The van der Waals surface area contributed by atoms with Gasteiger partial charge in [-0.15, -0.1) is 0 Å². The van der Waals surface area contributed by atoms with E-state index >= 15 is 0 Å². The summed E-state index contributed by atoms with van der Waals surface area (Å²) in [6.45, 7) is 9.43. The summed E-state index contributed by atoms with van der Waals surface area (Å²) < 4.78 is 68.1. The third kappa shape index (κ3) is 59.5. The summed E-state index contributed by atoms with van der Waals surface area (Å²) in [5, 5.41) is 10.5. The molecule has 0 saturated carbocycles. The highest BCUT2D eigenvalue weighted by Crippen LogP contribution is 2.45. The van der Waals surface area contributed by atoms with Crippen molar-refractivity contribution in [3.05, 3.63) is 0 Å². The van der Waals surface area contributed by atoms with Gasteiger partial charge in [-0.2, -0.15) is 0 Å². The third-order valence-electron chi connectivity index (χ3n) is 15.6. The van der Waals surface area contributed by atoms with Crippen LogP contribution in [0.25, 0.3) is 0 Å². The average molecular weight is 1260 g/mol. The number of carbonyl (C=O) groups excluding carboxylic acids is 4. The van der Waals surface area contributed by atoms with Crippen molar-refractivity contribution in [2.24, 2.45) is 11.8 Å². The highest BCUT2D eigenvalue weighted by atomic mass is 31.2. The van der Waals surface area contributed by atoms with Gasteiger partial charge in [-0.1, -0.05) is 279 Å². The zero-order valence-electron chi connectivity index (χ0n) is 54.9. The van der Waals surface area contributed by atoms with Crippen molar-refractivity contribution in [2.45, 2.75) is 349 Å². The number of phosphoric ester groups is 2. The van der Waals surface area contributed by atoms with E-state index in [2.05, 4.69) is 41.5 Å². The number of unbranched alkanes of at least 4 members (excludes halogenated alkanes) is 34. The smallest absolute Gasteiger partial charge is 0.462 e. The highest BCUT2D eigenvalue weighted by Gasteiger charge is 2.30. The molecule has 0 bridgehead atoms. The van der Waals surface area contributed by atoms with Gasteiger partial charge in [0, 0.05) is 25.7 Å². The monoisotopic (exact) mass is 1250 g/mol. The fraction of sp³-hybridized carbons (Fsp3) is 0.939. The molecule has 3 unspecified atom stereocenters. The van der Waals surface area contributed by atoms with E-state index < -0.39 is 97.5 Å². The molecule has 0 amide bonds. The summed E-state index contributed by atoms with van der Waals surface area (Å²) in [7, 11) is -9.89. The minimum atomic E-state index is -4.95. The number of ether oxygens (including phenoxy) is 4. The second-order valence-electron chi connectivity index (χ2n) is 24.6. The van der Waals surface area contributed by atoms with E-state index in [9.17, 15) is 43.2 Å². The number of rotatable bonds is 65. The molecule has 0 spiro atoms. The first-order valence-electron chi connectivity index (χ1n) is 34.5. The number of aliphatic hydroxyl groups excluding tert-OH is 1. The largest absolute Gasteiger partial charge is 0.472 e. The molecule has 19 heteroatoms. The van der Waals surface area contributed by atoms with Gasteiger partial charge in [0.1, 0.15) is 19.3 Å². The number of hydrogen-bond donors (Lipinski definition) is 3. The Morgan fingerprint density at radius 1 is 0.341 bits per heavy atom. The zero-order valence-corrected chi connectivity index (χ0v) is 56.7. The lowest BCUT2D eigenvalue weighted by molar-refractivity contribution is -0.161. The summed E-state index contributed by atoms with van der Waals surface area (Å²) in [5.74, 6) is -0.673. The fourth-order valence-corrected chi connectivity index (χ4v) is 11.4. The van der Waals surface area contributed by atoms with Gasteiger partial charge in [0.05, 0.1) is 26.4 Å². The molecule has 0 aliphatic carbocycles. The van der Waals surface area contributed by atoms with Crippen molar-refractivity contribution < 1.29 is 80.2 Å². The first kappa shape index (κ1) is 83.1. The lowest BCUT2D eigenvalue weighted by atomic mass is 9.99. The Morgan fingerprint density at radius 2 is 0.600 bits per heavy atom. The summed E-state index contributed by atoms with van der Waals surface area (Å²) in [6.07, 6.45) is 41.6. The van der Waals surface area contributed by atoms with Crippen LogP contribution >= 0.6 is 15.6 Å². The van der Waals surface area contributed by atoms with E-state index in [1.165, 1.54) is 141 Å². The molecule has 0 saturated heterocycles. The average Bonchev–Trinajstić information content (AvgIpc) is 3.63. The van der Waals surface area contributed by atoms with Crippen LogP contribution in [-0.4, -0.2) is 96.7 Å². The predicted molar refractivity (Wildman–Crippen MR) is 340 cm³/mol. The van der Waals surface area contributed by atoms with Gasteiger partial charge in [0.15, 0.2) is 12.2 Å². The Labute approximate surface area is 517 Å². The molecule has 0 aromatic heterocycles. The molecular formula is C66H128O17P2. The fourth-order valence-electron chi connectivity index (χ4n) is 9.85. The van der Waals surface area contributed by atoms with E-state index in [0.29, 0.717) is 31.6 Å². The Bertz CT molecular complexity index is 1670. The molecule has 3 N–H and O–H groups in total. The maximum atomic E-state index is 13.0. The molecule has 0 radical (unpaired) electrons. The summed E-state index contributed by atoms with van der Waals surface area (Å²) in [6, 6.07) is 0. The summed E-state index contributed by atoms with van der Waals surface area (Å²) in [5.41, 5.74) is 0. The molecule has 504 valence electrons. The van der Waals surface area contributed by atoms with Crippen LogP contribution in [-0.2, 0) is 65.4 Å². The van der Waals surface area contributed by atoms with E-state index in [-0.39, 0.29) is 25.7 Å². The number of phosphoric acid groups is 2. The first-order chi connectivity index (χ1) is 40.9. The number of hydrogen-bond acceptors (Lipinski definition) is 15. The van der Waals surface area contributed by atoms with E-state index in [4.69, 9.17) is 37.0 Å². The zero-order chi connectivity index (χ0) is 62.9. The SMILES string of the molecule is CCCCCCCCCCCCCCCC(=O)O[C@H](COC(=O)CCCCCCCCCCC(C)CC)COP(=O)(O)OC[C@@H](O)COP(=O)(O)OC[C@@H](COC(=O)CCCCCCCCC(C)C)OC(=O)CCCCCCCCCCCCC. The van der Waals surface area contributed by atoms with Crippen molar-refractivity contribution in [3.8, 4) is 0 Å². The van der Waals surface area contributed by atoms with Gasteiger partial charge in [0.2, 0.25) is 0 Å². The molecule has 0 fully saturated rings. The van der Waals surface area contributed by atoms with Crippen LogP contribution in [0.2, 0.25) is 0 Å². The summed E-state index contributed by atoms with van der Waals surface area (Å²) in [4.78, 5) is 72.3.